The molecule has 2 fully saturated rings. The molecular weight excluding hydrogens is 194 g/mol. The van der Waals surface area contributed by atoms with Gasteiger partial charge in [0.2, 0.25) is 0 Å². The third kappa shape index (κ3) is 2.16. The van der Waals surface area contributed by atoms with Gasteiger partial charge < -0.3 is 5.73 Å². The van der Waals surface area contributed by atoms with E-state index in [9.17, 15) is 0 Å². The molecule has 2 saturated carbocycles. The highest BCUT2D eigenvalue weighted by Gasteiger charge is 2.46. The maximum absolute atomic E-state index is 6.77. The molecule has 2 rings (SSSR count). The van der Waals surface area contributed by atoms with Crippen molar-refractivity contribution >= 4 is 0 Å². The van der Waals surface area contributed by atoms with Crippen LogP contribution in [0.25, 0.3) is 0 Å². The summed E-state index contributed by atoms with van der Waals surface area (Å²) >= 11 is 0. The van der Waals surface area contributed by atoms with Crippen molar-refractivity contribution in [1.29, 1.82) is 0 Å². The number of hydrogen-bond acceptors (Lipinski definition) is 1. The van der Waals surface area contributed by atoms with Gasteiger partial charge in [0, 0.05) is 5.54 Å². The quantitative estimate of drug-likeness (QED) is 0.744. The third-order valence-electron chi connectivity index (χ3n) is 5.65. The van der Waals surface area contributed by atoms with Crippen LogP contribution in [0.15, 0.2) is 0 Å². The first-order valence-electron chi connectivity index (χ1n) is 7.35. The van der Waals surface area contributed by atoms with Crippen molar-refractivity contribution in [1.82, 2.24) is 0 Å². The van der Waals surface area contributed by atoms with Crippen LogP contribution in [0.4, 0.5) is 0 Å². The number of hydrogen-bond donors (Lipinski definition) is 1. The van der Waals surface area contributed by atoms with E-state index in [2.05, 4.69) is 13.8 Å². The first-order chi connectivity index (χ1) is 7.56. The van der Waals surface area contributed by atoms with Crippen LogP contribution in [0.3, 0.4) is 0 Å². The normalized spacial score (nSPS) is 27.9. The lowest BCUT2D eigenvalue weighted by molar-refractivity contribution is 0.0317. The first-order valence-corrected chi connectivity index (χ1v) is 7.35. The molecule has 0 spiro atoms. The molecule has 2 aliphatic rings. The van der Waals surface area contributed by atoms with E-state index in [0.717, 1.165) is 5.92 Å². The summed E-state index contributed by atoms with van der Waals surface area (Å²) in [6.07, 6.45) is 13.8. The summed E-state index contributed by atoms with van der Waals surface area (Å²) < 4.78 is 0. The highest BCUT2D eigenvalue weighted by Crippen LogP contribution is 2.49. The maximum atomic E-state index is 6.77. The van der Waals surface area contributed by atoms with Gasteiger partial charge in [-0.15, -0.1) is 0 Å². The molecule has 0 aromatic rings. The zero-order chi connectivity index (χ0) is 11.6. The highest BCUT2D eigenvalue weighted by atomic mass is 14.8. The molecule has 0 bridgehead atoms. The van der Waals surface area contributed by atoms with Crippen molar-refractivity contribution < 1.29 is 0 Å². The summed E-state index contributed by atoms with van der Waals surface area (Å²) in [6.45, 7) is 4.91. The summed E-state index contributed by atoms with van der Waals surface area (Å²) in [7, 11) is 0. The Labute approximate surface area is 101 Å². The van der Waals surface area contributed by atoms with Crippen LogP contribution in [0.5, 0.6) is 0 Å². The molecule has 0 saturated heterocycles. The second kappa shape index (κ2) is 4.68. The van der Waals surface area contributed by atoms with Crippen LogP contribution in [0, 0.1) is 11.3 Å². The Morgan fingerprint density at radius 2 is 1.38 bits per heavy atom. The molecule has 0 atom stereocenters. The van der Waals surface area contributed by atoms with Gasteiger partial charge >= 0.3 is 0 Å². The van der Waals surface area contributed by atoms with E-state index in [1.807, 2.05) is 0 Å². The Morgan fingerprint density at radius 3 is 1.94 bits per heavy atom. The molecule has 0 aliphatic heterocycles. The zero-order valence-electron chi connectivity index (χ0n) is 11.2. The molecule has 1 heteroatoms. The standard InChI is InChI=1S/C15H29N/c1-14(2,13-9-5-3-6-10-13)15(16)11-7-4-8-12-15/h13H,3-12,16H2,1-2H3. The fourth-order valence-electron chi connectivity index (χ4n) is 4.06. The van der Waals surface area contributed by atoms with Gasteiger partial charge in [-0.2, -0.15) is 0 Å². The molecule has 0 aromatic carbocycles. The fraction of sp³-hybridized carbons (Fsp3) is 1.00. The largest absolute Gasteiger partial charge is 0.325 e. The Morgan fingerprint density at radius 1 is 0.875 bits per heavy atom. The van der Waals surface area contributed by atoms with E-state index in [0.29, 0.717) is 5.41 Å². The zero-order valence-corrected chi connectivity index (χ0v) is 11.2. The average molecular weight is 223 g/mol. The van der Waals surface area contributed by atoms with Crippen molar-refractivity contribution in [3.63, 3.8) is 0 Å². The summed E-state index contributed by atoms with van der Waals surface area (Å²) in [6, 6.07) is 0. The predicted molar refractivity (Wildman–Crippen MR) is 70.4 cm³/mol. The summed E-state index contributed by atoms with van der Waals surface area (Å²) in [5, 5.41) is 0. The Kier molecular flexibility index (Phi) is 3.63. The lowest BCUT2D eigenvalue weighted by Gasteiger charge is -2.52. The fourth-order valence-corrected chi connectivity index (χ4v) is 4.06. The van der Waals surface area contributed by atoms with Crippen LogP contribution in [0.1, 0.15) is 78.1 Å². The maximum Gasteiger partial charge on any atom is 0.0208 e. The van der Waals surface area contributed by atoms with Gasteiger partial charge in [0.1, 0.15) is 0 Å². The lowest BCUT2D eigenvalue weighted by atomic mass is 9.57. The molecular formula is C15H29N. The third-order valence-corrected chi connectivity index (χ3v) is 5.65. The van der Waals surface area contributed by atoms with Crippen molar-refractivity contribution in [3.8, 4) is 0 Å². The average Bonchev–Trinajstić information content (AvgIpc) is 2.31. The molecule has 0 aromatic heterocycles. The molecule has 2 N–H and O–H groups in total. The van der Waals surface area contributed by atoms with E-state index < -0.39 is 0 Å². The molecule has 16 heavy (non-hydrogen) atoms. The molecule has 2 aliphatic carbocycles. The van der Waals surface area contributed by atoms with Gasteiger partial charge in [-0.3, -0.25) is 0 Å². The molecule has 0 radical (unpaired) electrons. The topological polar surface area (TPSA) is 26.0 Å². The van der Waals surface area contributed by atoms with E-state index in [4.69, 9.17) is 5.73 Å². The van der Waals surface area contributed by atoms with Crippen molar-refractivity contribution in [2.24, 2.45) is 17.1 Å². The molecule has 94 valence electrons. The molecule has 0 amide bonds. The minimum atomic E-state index is 0.132. The van der Waals surface area contributed by atoms with Gasteiger partial charge in [0.25, 0.3) is 0 Å². The van der Waals surface area contributed by atoms with Crippen LogP contribution in [-0.4, -0.2) is 5.54 Å². The van der Waals surface area contributed by atoms with Crippen LogP contribution >= 0.6 is 0 Å². The molecule has 0 unspecified atom stereocenters. The number of rotatable bonds is 2. The Balaban J connectivity index is 2.08. The lowest BCUT2D eigenvalue weighted by Crippen LogP contribution is -2.57. The van der Waals surface area contributed by atoms with E-state index in [-0.39, 0.29) is 5.54 Å². The predicted octanol–water partition coefficient (Wildman–Crippen LogP) is 4.25. The van der Waals surface area contributed by atoms with Gasteiger partial charge in [-0.05, 0) is 37.0 Å². The van der Waals surface area contributed by atoms with E-state index in [1.165, 1.54) is 64.2 Å². The summed E-state index contributed by atoms with van der Waals surface area (Å²) in [5.41, 5.74) is 7.25. The molecule has 0 heterocycles. The van der Waals surface area contributed by atoms with E-state index >= 15 is 0 Å². The van der Waals surface area contributed by atoms with Gasteiger partial charge in [-0.25, -0.2) is 0 Å². The minimum absolute atomic E-state index is 0.132. The summed E-state index contributed by atoms with van der Waals surface area (Å²) in [5.74, 6) is 0.879. The smallest absolute Gasteiger partial charge is 0.0208 e. The molecule has 1 nitrogen and oxygen atoms in total. The highest BCUT2D eigenvalue weighted by molar-refractivity contribution is 5.02. The van der Waals surface area contributed by atoms with Crippen LogP contribution < -0.4 is 5.73 Å². The Hall–Kier alpha value is -0.0400. The second-order valence-electron chi connectivity index (χ2n) is 6.77. The summed E-state index contributed by atoms with van der Waals surface area (Å²) in [4.78, 5) is 0. The van der Waals surface area contributed by atoms with Crippen molar-refractivity contribution in [2.75, 3.05) is 0 Å². The van der Waals surface area contributed by atoms with Crippen molar-refractivity contribution in [3.05, 3.63) is 0 Å². The Bertz CT molecular complexity index is 220. The monoisotopic (exact) mass is 223 g/mol. The number of nitrogens with two attached hydrogens (primary N) is 1. The van der Waals surface area contributed by atoms with Gasteiger partial charge in [0.15, 0.2) is 0 Å². The minimum Gasteiger partial charge on any atom is -0.325 e. The van der Waals surface area contributed by atoms with Crippen LogP contribution in [-0.2, 0) is 0 Å². The van der Waals surface area contributed by atoms with Crippen LogP contribution in [0.2, 0.25) is 0 Å². The second-order valence-corrected chi connectivity index (χ2v) is 6.77. The first kappa shape index (κ1) is 12.4. The van der Waals surface area contributed by atoms with Gasteiger partial charge in [-0.1, -0.05) is 52.4 Å². The van der Waals surface area contributed by atoms with E-state index in [1.54, 1.807) is 0 Å². The van der Waals surface area contributed by atoms with Gasteiger partial charge in [0.05, 0.1) is 0 Å². The SMILES string of the molecule is CC(C)(C1CCCCC1)C1(N)CCCCC1. The van der Waals surface area contributed by atoms with Crippen molar-refractivity contribution in [2.45, 2.75) is 83.6 Å².